The van der Waals surface area contributed by atoms with Crippen molar-refractivity contribution in [3.63, 3.8) is 0 Å². The number of carbonyl (C=O) groups excluding carboxylic acids is 2. The second-order valence-electron chi connectivity index (χ2n) is 8.21. The highest BCUT2D eigenvalue weighted by Crippen LogP contribution is 2.40. The Hall–Kier alpha value is -1.89. The number of piperidine rings is 2. The number of hydrogen-bond donors (Lipinski definition) is 1. The Balaban J connectivity index is 1.52. The average Bonchev–Trinajstić information content (AvgIpc) is 3.09. The van der Waals surface area contributed by atoms with Crippen LogP contribution >= 0.6 is 0 Å². The minimum absolute atomic E-state index is 0.108. The monoisotopic (exact) mass is 376 g/mol. The molecule has 2 fully saturated rings. The Morgan fingerprint density at radius 3 is 2.70 bits per heavy atom. The predicted octanol–water partition coefficient (Wildman–Crippen LogP) is 1.76. The summed E-state index contributed by atoms with van der Waals surface area (Å²) in [5.41, 5.74) is 0.146. The fourth-order valence-electron chi connectivity index (χ4n) is 4.54. The third-order valence-corrected chi connectivity index (χ3v) is 6.32. The van der Waals surface area contributed by atoms with E-state index in [-0.39, 0.29) is 29.9 Å². The zero-order chi connectivity index (χ0) is 19.4. The molecule has 1 atom stereocenters. The predicted molar refractivity (Wildman–Crippen MR) is 102 cm³/mol. The highest BCUT2D eigenvalue weighted by Gasteiger charge is 2.41. The van der Waals surface area contributed by atoms with Gasteiger partial charge >= 0.3 is 0 Å². The molecular formula is C20H32N4O3. The number of aliphatic hydroxyl groups excluding tert-OH is 1. The van der Waals surface area contributed by atoms with Crippen LogP contribution in [0, 0.1) is 12.3 Å². The van der Waals surface area contributed by atoms with Crippen molar-refractivity contribution in [3.05, 3.63) is 18.2 Å². The number of rotatable bonds is 6. The molecule has 0 aliphatic carbocycles. The van der Waals surface area contributed by atoms with Crippen LogP contribution in [0.5, 0.6) is 0 Å². The van der Waals surface area contributed by atoms with Gasteiger partial charge in [-0.05, 0) is 44.9 Å². The van der Waals surface area contributed by atoms with Crippen molar-refractivity contribution in [2.24, 2.45) is 5.41 Å². The number of imidazole rings is 1. The van der Waals surface area contributed by atoms with Gasteiger partial charge in [0, 0.05) is 64.1 Å². The molecule has 0 aromatic carbocycles. The van der Waals surface area contributed by atoms with Crippen molar-refractivity contribution in [2.45, 2.75) is 58.4 Å². The van der Waals surface area contributed by atoms with Crippen molar-refractivity contribution >= 4 is 11.8 Å². The SMILES string of the molecule is Cc1nccn1C(C)CC(=O)N1CCC2(CCC(=O)N(CCCO)C2)CC1. The molecule has 1 aromatic heterocycles. The molecule has 0 saturated carbocycles. The van der Waals surface area contributed by atoms with Crippen molar-refractivity contribution in [1.29, 1.82) is 0 Å². The Labute approximate surface area is 161 Å². The molecule has 150 valence electrons. The maximum absolute atomic E-state index is 12.7. The Morgan fingerprint density at radius 2 is 2.07 bits per heavy atom. The van der Waals surface area contributed by atoms with Gasteiger partial charge in [-0.3, -0.25) is 9.59 Å². The van der Waals surface area contributed by atoms with Gasteiger partial charge in [0.1, 0.15) is 5.82 Å². The molecule has 27 heavy (non-hydrogen) atoms. The molecule has 1 spiro atoms. The van der Waals surface area contributed by atoms with Crippen molar-refractivity contribution < 1.29 is 14.7 Å². The van der Waals surface area contributed by atoms with Gasteiger partial charge in [-0.1, -0.05) is 0 Å². The standard InChI is InChI=1S/C20H32N4O3/c1-16(24-12-8-21-17(24)2)14-19(27)22-10-6-20(7-11-22)5-4-18(26)23(15-20)9-3-13-25/h8,12,16,25H,3-7,9-11,13-15H2,1-2H3. The van der Waals surface area contributed by atoms with Crippen LogP contribution in [0.3, 0.4) is 0 Å². The number of amides is 2. The van der Waals surface area contributed by atoms with Gasteiger partial charge in [-0.25, -0.2) is 4.98 Å². The number of nitrogens with zero attached hydrogens (tertiary/aromatic N) is 4. The molecule has 7 nitrogen and oxygen atoms in total. The normalized spacial score (nSPS) is 20.9. The molecule has 1 aromatic rings. The largest absolute Gasteiger partial charge is 0.396 e. The molecular weight excluding hydrogens is 344 g/mol. The lowest BCUT2D eigenvalue weighted by atomic mass is 9.72. The van der Waals surface area contributed by atoms with Crippen LogP contribution in [-0.4, -0.2) is 69.1 Å². The van der Waals surface area contributed by atoms with E-state index in [2.05, 4.69) is 16.5 Å². The molecule has 0 radical (unpaired) electrons. The van der Waals surface area contributed by atoms with E-state index in [4.69, 9.17) is 5.11 Å². The van der Waals surface area contributed by atoms with E-state index in [1.165, 1.54) is 0 Å². The van der Waals surface area contributed by atoms with Gasteiger partial charge in [-0.15, -0.1) is 0 Å². The topological polar surface area (TPSA) is 78.7 Å². The summed E-state index contributed by atoms with van der Waals surface area (Å²) in [6.45, 7) is 7.10. The van der Waals surface area contributed by atoms with E-state index in [0.29, 0.717) is 25.8 Å². The molecule has 2 aliphatic heterocycles. The highest BCUT2D eigenvalue weighted by molar-refractivity contribution is 5.78. The fraction of sp³-hybridized carbons (Fsp3) is 0.750. The molecule has 2 saturated heterocycles. The van der Waals surface area contributed by atoms with Gasteiger partial charge in [0.05, 0.1) is 0 Å². The van der Waals surface area contributed by atoms with Gasteiger partial charge < -0.3 is 19.5 Å². The first-order valence-corrected chi connectivity index (χ1v) is 10.1. The summed E-state index contributed by atoms with van der Waals surface area (Å²) in [5, 5.41) is 9.05. The summed E-state index contributed by atoms with van der Waals surface area (Å²) < 4.78 is 2.05. The summed E-state index contributed by atoms with van der Waals surface area (Å²) >= 11 is 0. The maximum atomic E-state index is 12.7. The Kier molecular flexibility index (Phi) is 6.19. The van der Waals surface area contributed by atoms with E-state index in [9.17, 15) is 9.59 Å². The third-order valence-electron chi connectivity index (χ3n) is 6.32. The summed E-state index contributed by atoms with van der Waals surface area (Å²) in [6.07, 6.45) is 8.26. The van der Waals surface area contributed by atoms with Crippen molar-refractivity contribution in [3.8, 4) is 0 Å². The molecule has 0 bridgehead atoms. The first-order valence-electron chi connectivity index (χ1n) is 10.1. The third kappa shape index (κ3) is 4.51. The van der Waals surface area contributed by atoms with Gasteiger partial charge in [0.2, 0.25) is 11.8 Å². The number of likely N-dealkylation sites (tertiary alicyclic amines) is 2. The minimum Gasteiger partial charge on any atom is -0.396 e. The summed E-state index contributed by atoms with van der Waals surface area (Å²) in [4.78, 5) is 33.0. The van der Waals surface area contributed by atoms with E-state index < -0.39 is 0 Å². The number of aliphatic hydroxyl groups is 1. The minimum atomic E-state index is 0.108. The zero-order valence-corrected chi connectivity index (χ0v) is 16.6. The molecule has 1 N–H and O–H groups in total. The number of hydrogen-bond acceptors (Lipinski definition) is 4. The van der Waals surface area contributed by atoms with Crippen LogP contribution < -0.4 is 0 Å². The van der Waals surface area contributed by atoms with Gasteiger partial charge in [0.25, 0.3) is 0 Å². The van der Waals surface area contributed by atoms with Crippen LogP contribution in [0.1, 0.15) is 57.3 Å². The van der Waals surface area contributed by atoms with Crippen LogP contribution in [0.15, 0.2) is 12.4 Å². The van der Waals surface area contributed by atoms with Crippen LogP contribution in [0.4, 0.5) is 0 Å². The molecule has 1 unspecified atom stereocenters. The Morgan fingerprint density at radius 1 is 1.33 bits per heavy atom. The van der Waals surface area contributed by atoms with Crippen LogP contribution in [-0.2, 0) is 9.59 Å². The zero-order valence-electron chi connectivity index (χ0n) is 16.6. The second kappa shape index (κ2) is 8.42. The van der Waals surface area contributed by atoms with E-state index in [1.54, 1.807) is 6.20 Å². The quantitative estimate of drug-likeness (QED) is 0.820. The molecule has 7 heteroatoms. The summed E-state index contributed by atoms with van der Waals surface area (Å²) in [5.74, 6) is 1.34. The fourth-order valence-corrected chi connectivity index (χ4v) is 4.54. The first-order chi connectivity index (χ1) is 12.9. The van der Waals surface area contributed by atoms with Gasteiger partial charge in [-0.2, -0.15) is 0 Å². The molecule has 2 aliphatic rings. The lowest BCUT2D eigenvalue weighted by Gasteiger charge is -2.47. The average molecular weight is 377 g/mol. The number of carbonyl (C=O) groups is 2. The van der Waals surface area contributed by atoms with Crippen molar-refractivity contribution in [2.75, 3.05) is 32.8 Å². The van der Waals surface area contributed by atoms with Crippen LogP contribution in [0.2, 0.25) is 0 Å². The highest BCUT2D eigenvalue weighted by atomic mass is 16.3. The Bertz CT molecular complexity index is 664. The summed E-state index contributed by atoms with van der Waals surface area (Å²) in [7, 11) is 0. The summed E-state index contributed by atoms with van der Waals surface area (Å²) in [6, 6.07) is 0.108. The van der Waals surface area contributed by atoms with E-state index in [0.717, 1.165) is 44.7 Å². The first kappa shape index (κ1) is 19.9. The lowest BCUT2D eigenvalue weighted by Crippen LogP contribution is -2.52. The molecule has 3 rings (SSSR count). The molecule has 3 heterocycles. The smallest absolute Gasteiger partial charge is 0.224 e. The van der Waals surface area contributed by atoms with Crippen LogP contribution in [0.25, 0.3) is 0 Å². The number of aryl methyl sites for hydroxylation is 1. The van der Waals surface area contributed by atoms with E-state index in [1.807, 2.05) is 22.9 Å². The second-order valence-corrected chi connectivity index (χ2v) is 8.21. The van der Waals surface area contributed by atoms with Crippen molar-refractivity contribution in [1.82, 2.24) is 19.4 Å². The molecule has 2 amide bonds. The number of aromatic nitrogens is 2. The van der Waals surface area contributed by atoms with E-state index >= 15 is 0 Å². The maximum Gasteiger partial charge on any atom is 0.224 e. The lowest BCUT2D eigenvalue weighted by molar-refractivity contribution is -0.142. The van der Waals surface area contributed by atoms with Gasteiger partial charge in [0.15, 0.2) is 0 Å².